The number of ether oxygens (including phenoxy) is 1. The van der Waals surface area contributed by atoms with Crippen molar-refractivity contribution in [1.82, 2.24) is 10.2 Å². The van der Waals surface area contributed by atoms with Gasteiger partial charge in [0.15, 0.2) is 0 Å². The molecular formula is C14H16N4O2S. The summed E-state index contributed by atoms with van der Waals surface area (Å²) in [5.74, 6) is -0.214. The molecule has 0 radical (unpaired) electrons. The number of benzene rings is 1. The summed E-state index contributed by atoms with van der Waals surface area (Å²) in [6.07, 6.45) is 0.684. The van der Waals surface area contributed by atoms with Gasteiger partial charge in [0, 0.05) is 13.1 Å². The largest absolute Gasteiger partial charge is 0.468 e. The van der Waals surface area contributed by atoms with Crippen LogP contribution >= 0.6 is 11.3 Å². The summed E-state index contributed by atoms with van der Waals surface area (Å²) in [6, 6.07) is 9.74. The minimum absolute atomic E-state index is 0.214. The van der Waals surface area contributed by atoms with Crippen molar-refractivity contribution in [1.29, 1.82) is 0 Å². The number of carbonyl (C=O) groups excluding carboxylic acids is 1. The van der Waals surface area contributed by atoms with Gasteiger partial charge >= 0.3 is 5.97 Å². The summed E-state index contributed by atoms with van der Waals surface area (Å²) >= 11 is 1.33. The van der Waals surface area contributed by atoms with E-state index >= 15 is 0 Å². The number of nitrogen functional groups attached to an aromatic ring is 1. The van der Waals surface area contributed by atoms with E-state index in [1.807, 2.05) is 35.2 Å². The summed E-state index contributed by atoms with van der Waals surface area (Å²) in [7, 11) is 1.43. The van der Waals surface area contributed by atoms with Crippen LogP contribution in [-0.4, -0.2) is 36.4 Å². The molecule has 1 aliphatic rings. The Balaban J connectivity index is 1.94. The lowest BCUT2D eigenvalue weighted by atomic mass is 9.80. The first kappa shape index (κ1) is 13.8. The van der Waals surface area contributed by atoms with Gasteiger partial charge in [-0.05, 0) is 12.0 Å². The van der Waals surface area contributed by atoms with Crippen LogP contribution in [0, 0.1) is 0 Å². The fraction of sp³-hybridized carbons (Fsp3) is 0.357. The molecule has 0 aliphatic carbocycles. The Kier molecular flexibility index (Phi) is 3.50. The number of rotatable bonds is 3. The molecule has 0 saturated carbocycles. The van der Waals surface area contributed by atoms with Crippen LogP contribution in [0.5, 0.6) is 0 Å². The zero-order chi connectivity index (χ0) is 14.9. The van der Waals surface area contributed by atoms with Crippen LogP contribution in [0.15, 0.2) is 30.3 Å². The zero-order valence-electron chi connectivity index (χ0n) is 11.7. The van der Waals surface area contributed by atoms with Crippen molar-refractivity contribution in [3.05, 3.63) is 35.9 Å². The lowest BCUT2D eigenvalue weighted by molar-refractivity contribution is -0.146. The van der Waals surface area contributed by atoms with Crippen LogP contribution in [0.4, 0.5) is 10.3 Å². The molecule has 1 unspecified atom stereocenters. The number of anilines is 2. The molecule has 3 rings (SSSR count). The summed E-state index contributed by atoms with van der Waals surface area (Å²) in [5.41, 5.74) is 5.95. The number of aromatic nitrogens is 2. The van der Waals surface area contributed by atoms with E-state index < -0.39 is 5.41 Å². The van der Waals surface area contributed by atoms with Crippen LogP contribution in [0.25, 0.3) is 0 Å². The molecule has 1 aromatic carbocycles. The Labute approximate surface area is 126 Å². The Morgan fingerprint density at radius 3 is 2.76 bits per heavy atom. The maximum absolute atomic E-state index is 12.4. The van der Waals surface area contributed by atoms with E-state index in [0.29, 0.717) is 18.1 Å². The van der Waals surface area contributed by atoms with E-state index in [-0.39, 0.29) is 5.97 Å². The molecule has 1 aromatic heterocycles. The van der Waals surface area contributed by atoms with Gasteiger partial charge in [-0.15, -0.1) is 10.2 Å². The Morgan fingerprint density at radius 2 is 2.14 bits per heavy atom. The minimum atomic E-state index is -0.656. The van der Waals surface area contributed by atoms with E-state index in [1.165, 1.54) is 18.4 Å². The second-order valence-corrected chi connectivity index (χ2v) is 6.02. The molecule has 2 heterocycles. The third-order valence-corrected chi connectivity index (χ3v) is 4.69. The SMILES string of the molecule is COC(=O)C1(c2ccccc2)CCN(c2nnc(N)s2)C1. The lowest BCUT2D eigenvalue weighted by Crippen LogP contribution is -2.40. The van der Waals surface area contributed by atoms with Gasteiger partial charge in [0.25, 0.3) is 0 Å². The normalized spacial score (nSPS) is 21.5. The lowest BCUT2D eigenvalue weighted by Gasteiger charge is -2.26. The Hall–Kier alpha value is -2.15. The average molecular weight is 304 g/mol. The van der Waals surface area contributed by atoms with Crippen molar-refractivity contribution in [3.63, 3.8) is 0 Å². The van der Waals surface area contributed by atoms with E-state index in [1.54, 1.807) is 0 Å². The second kappa shape index (κ2) is 5.33. The maximum atomic E-state index is 12.4. The molecule has 1 atom stereocenters. The van der Waals surface area contributed by atoms with Gasteiger partial charge in [-0.1, -0.05) is 41.7 Å². The topological polar surface area (TPSA) is 81.3 Å². The van der Waals surface area contributed by atoms with Gasteiger partial charge in [0.05, 0.1) is 7.11 Å². The molecule has 110 valence electrons. The molecule has 6 nitrogen and oxygen atoms in total. The van der Waals surface area contributed by atoms with Gasteiger partial charge in [0.1, 0.15) is 5.41 Å². The smallest absolute Gasteiger partial charge is 0.318 e. The third-order valence-electron chi connectivity index (χ3n) is 3.87. The van der Waals surface area contributed by atoms with Crippen molar-refractivity contribution in [3.8, 4) is 0 Å². The van der Waals surface area contributed by atoms with Crippen LogP contribution < -0.4 is 10.6 Å². The molecule has 0 amide bonds. The number of hydrogen-bond acceptors (Lipinski definition) is 7. The van der Waals surface area contributed by atoms with Crippen molar-refractivity contribution >= 4 is 27.6 Å². The fourth-order valence-corrected chi connectivity index (χ4v) is 3.44. The summed E-state index contributed by atoms with van der Waals surface area (Å²) < 4.78 is 5.06. The molecule has 1 aliphatic heterocycles. The van der Waals surface area contributed by atoms with E-state index in [9.17, 15) is 4.79 Å². The molecule has 7 heteroatoms. The molecule has 0 spiro atoms. The van der Waals surface area contributed by atoms with Crippen molar-refractivity contribution in [2.45, 2.75) is 11.8 Å². The Morgan fingerprint density at radius 1 is 1.38 bits per heavy atom. The maximum Gasteiger partial charge on any atom is 0.318 e. The first-order valence-electron chi connectivity index (χ1n) is 6.63. The van der Waals surface area contributed by atoms with Crippen molar-refractivity contribution in [2.24, 2.45) is 0 Å². The van der Waals surface area contributed by atoms with Crippen LogP contribution in [0.2, 0.25) is 0 Å². The predicted octanol–water partition coefficient (Wildman–Crippen LogP) is 1.44. The first-order chi connectivity index (χ1) is 10.2. The summed E-state index contributed by atoms with van der Waals surface area (Å²) in [5, 5.41) is 9.07. The highest BCUT2D eigenvalue weighted by molar-refractivity contribution is 7.18. The minimum Gasteiger partial charge on any atom is -0.468 e. The second-order valence-electron chi connectivity index (χ2n) is 5.03. The fourth-order valence-electron chi connectivity index (χ4n) is 2.80. The molecule has 0 bridgehead atoms. The highest BCUT2D eigenvalue weighted by Gasteiger charge is 2.47. The van der Waals surface area contributed by atoms with Gasteiger partial charge < -0.3 is 15.4 Å². The molecule has 2 N–H and O–H groups in total. The number of nitrogens with two attached hydrogens (primary N) is 1. The van der Waals surface area contributed by atoms with Crippen molar-refractivity contribution in [2.75, 3.05) is 30.8 Å². The average Bonchev–Trinajstić information content (AvgIpc) is 3.14. The highest BCUT2D eigenvalue weighted by Crippen LogP contribution is 2.38. The van der Waals surface area contributed by atoms with Gasteiger partial charge in [-0.2, -0.15) is 0 Å². The van der Waals surface area contributed by atoms with E-state index in [4.69, 9.17) is 10.5 Å². The molecular weight excluding hydrogens is 288 g/mol. The first-order valence-corrected chi connectivity index (χ1v) is 7.45. The standard InChI is InChI=1S/C14H16N4O2S/c1-20-11(19)14(10-5-3-2-4-6-10)7-8-18(9-14)13-17-16-12(15)21-13/h2-6H,7-9H2,1H3,(H2,15,16). The van der Waals surface area contributed by atoms with Crippen LogP contribution in [0.3, 0.4) is 0 Å². The van der Waals surface area contributed by atoms with Crippen LogP contribution in [0.1, 0.15) is 12.0 Å². The molecule has 2 aromatic rings. The number of hydrogen-bond donors (Lipinski definition) is 1. The third kappa shape index (κ3) is 2.33. The van der Waals surface area contributed by atoms with E-state index in [2.05, 4.69) is 10.2 Å². The number of methoxy groups -OCH3 is 1. The highest BCUT2D eigenvalue weighted by atomic mass is 32.1. The monoisotopic (exact) mass is 304 g/mol. The van der Waals surface area contributed by atoms with Crippen LogP contribution in [-0.2, 0) is 14.9 Å². The number of nitrogens with zero attached hydrogens (tertiary/aromatic N) is 3. The number of carbonyl (C=O) groups is 1. The van der Waals surface area contributed by atoms with Gasteiger partial charge in [0.2, 0.25) is 10.3 Å². The Bertz CT molecular complexity index is 645. The quantitative estimate of drug-likeness (QED) is 0.864. The van der Waals surface area contributed by atoms with Crippen molar-refractivity contribution < 1.29 is 9.53 Å². The molecule has 21 heavy (non-hydrogen) atoms. The predicted molar refractivity (Wildman–Crippen MR) is 81.3 cm³/mol. The summed E-state index contributed by atoms with van der Waals surface area (Å²) in [4.78, 5) is 14.5. The number of esters is 1. The molecule has 1 saturated heterocycles. The molecule has 1 fully saturated rings. The van der Waals surface area contributed by atoms with Gasteiger partial charge in [-0.25, -0.2) is 0 Å². The summed E-state index contributed by atoms with van der Waals surface area (Å²) in [6.45, 7) is 1.25. The van der Waals surface area contributed by atoms with Gasteiger partial charge in [-0.3, -0.25) is 4.79 Å². The van der Waals surface area contributed by atoms with E-state index in [0.717, 1.165) is 17.2 Å². The zero-order valence-corrected chi connectivity index (χ0v) is 12.5.